The molecule has 3 heteroatoms. The third-order valence-corrected chi connectivity index (χ3v) is 3.07. The summed E-state index contributed by atoms with van der Waals surface area (Å²) in [5.41, 5.74) is 2.32. The molecule has 0 amide bonds. The summed E-state index contributed by atoms with van der Waals surface area (Å²) in [4.78, 5) is 0. The van der Waals surface area contributed by atoms with Crippen LogP contribution in [0.4, 0.5) is 4.39 Å². The summed E-state index contributed by atoms with van der Waals surface area (Å²) < 4.78 is 18.8. The first-order valence-corrected chi connectivity index (χ1v) is 7.11. The minimum atomic E-state index is -0.263. The summed E-state index contributed by atoms with van der Waals surface area (Å²) in [6.07, 6.45) is 0. The highest BCUT2D eigenvalue weighted by Crippen LogP contribution is 2.27. The normalized spacial score (nSPS) is 11.5. The van der Waals surface area contributed by atoms with Crippen LogP contribution in [0.2, 0.25) is 0 Å². The van der Waals surface area contributed by atoms with Gasteiger partial charge in [0.15, 0.2) is 0 Å². The second kappa shape index (κ2) is 6.27. The van der Waals surface area contributed by atoms with Crippen molar-refractivity contribution < 1.29 is 9.13 Å². The van der Waals surface area contributed by atoms with Crippen LogP contribution in [0.5, 0.6) is 11.5 Å². The molecule has 0 radical (unpaired) electrons. The van der Waals surface area contributed by atoms with Crippen molar-refractivity contribution >= 4 is 0 Å². The van der Waals surface area contributed by atoms with Crippen LogP contribution in [-0.2, 0) is 6.54 Å². The van der Waals surface area contributed by atoms with Gasteiger partial charge in [-0.25, -0.2) is 4.39 Å². The fourth-order valence-corrected chi connectivity index (χ4v) is 1.94. The van der Waals surface area contributed by atoms with Gasteiger partial charge < -0.3 is 10.1 Å². The zero-order valence-corrected chi connectivity index (χ0v) is 13.0. The zero-order valence-electron chi connectivity index (χ0n) is 13.0. The molecule has 0 spiro atoms. The molecule has 0 aliphatic heterocycles. The fraction of sp³-hybridized carbons (Fsp3) is 0.333. The van der Waals surface area contributed by atoms with E-state index in [2.05, 4.69) is 39.1 Å². The molecule has 0 atom stereocenters. The van der Waals surface area contributed by atoms with Gasteiger partial charge in [0, 0.05) is 17.6 Å². The lowest BCUT2D eigenvalue weighted by atomic mass is 10.1. The van der Waals surface area contributed by atoms with Crippen molar-refractivity contribution in [1.82, 2.24) is 5.32 Å². The number of hydrogen-bond donors (Lipinski definition) is 1. The van der Waals surface area contributed by atoms with Crippen LogP contribution in [0, 0.1) is 12.7 Å². The highest BCUT2D eigenvalue weighted by atomic mass is 19.1. The number of benzene rings is 2. The van der Waals surface area contributed by atoms with Gasteiger partial charge in [-0.15, -0.1) is 0 Å². The van der Waals surface area contributed by atoms with E-state index in [1.165, 1.54) is 17.7 Å². The van der Waals surface area contributed by atoms with E-state index in [0.29, 0.717) is 5.75 Å². The Morgan fingerprint density at radius 2 is 1.71 bits per heavy atom. The monoisotopic (exact) mass is 287 g/mol. The molecule has 0 bridgehead atoms. The van der Waals surface area contributed by atoms with Gasteiger partial charge in [-0.3, -0.25) is 0 Å². The highest BCUT2D eigenvalue weighted by Gasteiger charge is 2.11. The zero-order chi connectivity index (χ0) is 15.5. The van der Waals surface area contributed by atoms with Gasteiger partial charge in [-0.05, 0) is 58.0 Å². The standard InChI is InChI=1S/C18H22FNO/c1-13-5-10-17(14(11-13)12-20-18(2,3)4)21-16-8-6-15(19)7-9-16/h5-11,20H,12H2,1-4H3. The van der Waals surface area contributed by atoms with Crippen LogP contribution in [0.3, 0.4) is 0 Å². The molecule has 0 aromatic heterocycles. The summed E-state index contributed by atoms with van der Waals surface area (Å²) in [6.45, 7) is 9.17. The smallest absolute Gasteiger partial charge is 0.131 e. The van der Waals surface area contributed by atoms with Crippen molar-refractivity contribution in [2.45, 2.75) is 39.8 Å². The maximum absolute atomic E-state index is 12.9. The van der Waals surface area contributed by atoms with E-state index in [0.717, 1.165) is 17.9 Å². The first kappa shape index (κ1) is 15.5. The first-order chi connectivity index (χ1) is 9.83. The quantitative estimate of drug-likeness (QED) is 0.871. The molecule has 2 aromatic carbocycles. The topological polar surface area (TPSA) is 21.3 Å². The Morgan fingerprint density at radius 3 is 2.33 bits per heavy atom. The van der Waals surface area contributed by atoms with E-state index >= 15 is 0 Å². The van der Waals surface area contributed by atoms with E-state index < -0.39 is 0 Å². The van der Waals surface area contributed by atoms with Crippen molar-refractivity contribution in [2.24, 2.45) is 0 Å². The van der Waals surface area contributed by atoms with Crippen LogP contribution in [0.15, 0.2) is 42.5 Å². The average molecular weight is 287 g/mol. The molecule has 0 unspecified atom stereocenters. The van der Waals surface area contributed by atoms with E-state index in [-0.39, 0.29) is 11.4 Å². The van der Waals surface area contributed by atoms with Crippen LogP contribution < -0.4 is 10.1 Å². The molecule has 2 nitrogen and oxygen atoms in total. The van der Waals surface area contributed by atoms with E-state index in [4.69, 9.17) is 4.74 Å². The second-order valence-corrected chi connectivity index (χ2v) is 6.27. The predicted molar refractivity (Wildman–Crippen MR) is 84.2 cm³/mol. The molecule has 2 rings (SSSR count). The van der Waals surface area contributed by atoms with Crippen molar-refractivity contribution in [3.8, 4) is 11.5 Å². The van der Waals surface area contributed by atoms with Crippen molar-refractivity contribution in [1.29, 1.82) is 0 Å². The van der Waals surface area contributed by atoms with Crippen LogP contribution in [0.1, 0.15) is 31.9 Å². The Hall–Kier alpha value is -1.87. The summed E-state index contributed by atoms with van der Waals surface area (Å²) in [7, 11) is 0. The summed E-state index contributed by atoms with van der Waals surface area (Å²) in [5, 5.41) is 3.46. The third-order valence-electron chi connectivity index (χ3n) is 3.07. The number of ether oxygens (including phenoxy) is 1. The van der Waals surface area contributed by atoms with Crippen molar-refractivity contribution in [2.75, 3.05) is 0 Å². The third kappa shape index (κ3) is 4.87. The Labute approximate surface area is 126 Å². The molecule has 0 saturated carbocycles. The molecule has 21 heavy (non-hydrogen) atoms. The van der Waals surface area contributed by atoms with E-state index in [1.807, 2.05) is 12.1 Å². The lowest BCUT2D eigenvalue weighted by Gasteiger charge is -2.22. The first-order valence-electron chi connectivity index (χ1n) is 7.11. The van der Waals surface area contributed by atoms with E-state index in [9.17, 15) is 4.39 Å². The van der Waals surface area contributed by atoms with Crippen LogP contribution >= 0.6 is 0 Å². The van der Waals surface area contributed by atoms with Crippen molar-refractivity contribution in [3.05, 3.63) is 59.4 Å². The Bertz CT molecular complexity index is 600. The molecular weight excluding hydrogens is 265 g/mol. The molecule has 0 aliphatic rings. The largest absolute Gasteiger partial charge is 0.457 e. The minimum Gasteiger partial charge on any atom is -0.457 e. The van der Waals surface area contributed by atoms with Gasteiger partial charge in [0.2, 0.25) is 0 Å². The molecular formula is C18H22FNO. The van der Waals surface area contributed by atoms with E-state index in [1.54, 1.807) is 12.1 Å². The summed E-state index contributed by atoms with van der Waals surface area (Å²) in [5.74, 6) is 1.17. The van der Waals surface area contributed by atoms with Gasteiger partial charge in [-0.2, -0.15) is 0 Å². The second-order valence-electron chi connectivity index (χ2n) is 6.27. The lowest BCUT2D eigenvalue weighted by Crippen LogP contribution is -2.35. The van der Waals surface area contributed by atoms with Gasteiger partial charge in [0.25, 0.3) is 0 Å². The predicted octanol–water partition coefficient (Wildman–Crippen LogP) is 4.81. The number of aryl methyl sites for hydroxylation is 1. The van der Waals surface area contributed by atoms with Crippen LogP contribution in [0.25, 0.3) is 0 Å². The van der Waals surface area contributed by atoms with Gasteiger partial charge >= 0.3 is 0 Å². The molecule has 0 aliphatic carbocycles. The maximum atomic E-state index is 12.9. The number of nitrogens with one attached hydrogen (secondary N) is 1. The van der Waals surface area contributed by atoms with Crippen LogP contribution in [-0.4, -0.2) is 5.54 Å². The molecule has 112 valence electrons. The van der Waals surface area contributed by atoms with Crippen molar-refractivity contribution in [3.63, 3.8) is 0 Å². The summed E-state index contributed by atoms with van der Waals surface area (Å²) in [6, 6.07) is 12.1. The molecule has 0 fully saturated rings. The number of hydrogen-bond acceptors (Lipinski definition) is 2. The number of halogens is 1. The average Bonchev–Trinajstić information content (AvgIpc) is 2.40. The van der Waals surface area contributed by atoms with Gasteiger partial charge in [0.05, 0.1) is 0 Å². The Morgan fingerprint density at radius 1 is 1.05 bits per heavy atom. The SMILES string of the molecule is Cc1ccc(Oc2ccc(F)cc2)c(CNC(C)(C)C)c1. The Kier molecular flexibility index (Phi) is 4.63. The summed E-state index contributed by atoms with van der Waals surface area (Å²) >= 11 is 0. The maximum Gasteiger partial charge on any atom is 0.131 e. The van der Waals surface area contributed by atoms with Gasteiger partial charge in [-0.1, -0.05) is 17.7 Å². The Balaban J connectivity index is 2.20. The van der Waals surface area contributed by atoms with Gasteiger partial charge in [0.1, 0.15) is 17.3 Å². The molecule has 0 saturated heterocycles. The minimum absolute atomic E-state index is 0.0386. The number of rotatable bonds is 4. The molecule has 0 heterocycles. The molecule has 2 aromatic rings. The fourth-order valence-electron chi connectivity index (χ4n) is 1.94. The molecule has 1 N–H and O–H groups in total. The lowest BCUT2D eigenvalue weighted by molar-refractivity contribution is 0.414. The highest BCUT2D eigenvalue weighted by molar-refractivity contribution is 5.40.